The van der Waals surface area contributed by atoms with Crippen LogP contribution < -0.4 is 4.90 Å². The van der Waals surface area contributed by atoms with Gasteiger partial charge in [-0.15, -0.1) is 11.3 Å². The summed E-state index contributed by atoms with van der Waals surface area (Å²) in [5.74, 6) is 1.16. The van der Waals surface area contributed by atoms with Crippen LogP contribution in [-0.2, 0) is 6.42 Å². The maximum absolute atomic E-state index is 4.61. The number of rotatable bonds is 3. The van der Waals surface area contributed by atoms with Crippen LogP contribution in [0.3, 0.4) is 0 Å². The van der Waals surface area contributed by atoms with Crippen LogP contribution >= 0.6 is 11.3 Å². The van der Waals surface area contributed by atoms with E-state index in [-0.39, 0.29) is 0 Å². The van der Waals surface area contributed by atoms with E-state index in [1.165, 1.54) is 36.3 Å². The Kier molecular flexibility index (Phi) is 3.15. The normalized spacial score (nSPS) is 21.3. The van der Waals surface area contributed by atoms with Crippen LogP contribution in [0.25, 0.3) is 10.2 Å². The lowest BCUT2D eigenvalue weighted by Gasteiger charge is -2.47. The van der Waals surface area contributed by atoms with E-state index < -0.39 is 0 Å². The van der Waals surface area contributed by atoms with Gasteiger partial charge in [0.25, 0.3) is 0 Å². The Balaban J connectivity index is 1.61. The van der Waals surface area contributed by atoms with Crippen LogP contribution in [0.1, 0.15) is 25.1 Å². The summed E-state index contributed by atoms with van der Waals surface area (Å²) in [6.45, 7) is 10.5. The smallest absolute Gasteiger partial charge is 0.140 e. The Labute approximate surface area is 129 Å². The zero-order valence-electron chi connectivity index (χ0n) is 12.8. The molecule has 2 aromatic heterocycles. The minimum Gasteiger partial charge on any atom is -0.355 e. The van der Waals surface area contributed by atoms with Gasteiger partial charge in [-0.05, 0) is 25.5 Å². The van der Waals surface area contributed by atoms with E-state index in [0.29, 0.717) is 5.41 Å². The summed E-state index contributed by atoms with van der Waals surface area (Å²) in [5, 5.41) is 1.25. The van der Waals surface area contributed by atoms with E-state index in [9.17, 15) is 0 Å². The minimum absolute atomic E-state index is 0.525. The topological polar surface area (TPSA) is 32.3 Å². The van der Waals surface area contributed by atoms with E-state index in [2.05, 4.69) is 39.7 Å². The molecule has 2 aliphatic rings. The molecule has 4 heterocycles. The molecule has 0 radical (unpaired) electrons. The molecule has 0 atom stereocenters. The van der Waals surface area contributed by atoms with Crippen molar-refractivity contribution in [1.29, 1.82) is 0 Å². The number of nitrogens with zero attached hydrogens (tertiary/aromatic N) is 4. The van der Waals surface area contributed by atoms with Crippen molar-refractivity contribution >= 4 is 27.4 Å². The second kappa shape index (κ2) is 4.92. The number of hydrogen-bond acceptors (Lipinski definition) is 5. The van der Waals surface area contributed by atoms with Gasteiger partial charge >= 0.3 is 0 Å². The highest BCUT2D eigenvalue weighted by Gasteiger charge is 2.47. The lowest BCUT2D eigenvalue weighted by Crippen LogP contribution is -2.57. The van der Waals surface area contributed by atoms with Crippen LogP contribution in [0, 0.1) is 5.41 Å². The predicted molar refractivity (Wildman–Crippen MR) is 88.2 cm³/mol. The molecule has 0 aliphatic carbocycles. The molecule has 5 heteroatoms. The van der Waals surface area contributed by atoms with Gasteiger partial charge in [0.15, 0.2) is 0 Å². The second-order valence-corrected chi connectivity index (χ2v) is 7.57. The molecule has 0 N–H and O–H groups in total. The van der Waals surface area contributed by atoms with Crippen LogP contribution in [0.4, 0.5) is 5.82 Å². The maximum atomic E-state index is 4.61. The van der Waals surface area contributed by atoms with E-state index in [1.54, 1.807) is 6.33 Å². The van der Waals surface area contributed by atoms with Crippen molar-refractivity contribution in [2.75, 3.05) is 37.6 Å². The van der Waals surface area contributed by atoms with Crippen molar-refractivity contribution < 1.29 is 0 Å². The van der Waals surface area contributed by atoms with Crippen molar-refractivity contribution in [3.63, 3.8) is 0 Å². The summed E-state index contributed by atoms with van der Waals surface area (Å²) in [7, 11) is 0. The van der Waals surface area contributed by atoms with E-state index in [0.717, 1.165) is 30.2 Å². The van der Waals surface area contributed by atoms with Crippen molar-refractivity contribution in [3.05, 3.63) is 17.3 Å². The van der Waals surface area contributed by atoms with Crippen LogP contribution in [0.5, 0.6) is 0 Å². The number of hydrogen-bond donors (Lipinski definition) is 0. The highest BCUT2D eigenvalue weighted by molar-refractivity contribution is 7.18. The first-order chi connectivity index (χ1) is 10.2. The number of aryl methyl sites for hydroxylation is 1. The lowest BCUT2D eigenvalue weighted by molar-refractivity contribution is 0.0232. The fraction of sp³-hybridized carbons (Fsp3) is 0.625. The molecule has 0 unspecified atom stereocenters. The second-order valence-electron chi connectivity index (χ2n) is 6.46. The number of likely N-dealkylation sites (tertiary alicyclic amines) is 1. The molecular formula is C16H22N4S. The summed E-state index contributed by atoms with van der Waals surface area (Å²) < 4.78 is 0. The van der Waals surface area contributed by atoms with E-state index in [1.807, 2.05) is 11.3 Å². The summed E-state index contributed by atoms with van der Waals surface area (Å²) in [6, 6.07) is 2.29. The van der Waals surface area contributed by atoms with Crippen LogP contribution in [0.2, 0.25) is 0 Å². The quantitative estimate of drug-likeness (QED) is 0.873. The zero-order valence-corrected chi connectivity index (χ0v) is 13.6. The third-order valence-electron chi connectivity index (χ3n) is 5.01. The first kappa shape index (κ1) is 13.5. The van der Waals surface area contributed by atoms with Crippen molar-refractivity contribution in [1.82, 2.24) is 14.9 Å². The molecule has 4 nitrogen and oxygen atoms in total. The molecule has 1 spiro atoms. The van der Waals surface area contributed by atoms with Gasteiger partial charge in [0.2, 0.25) is 0 Å². The van der Waals surface area contributed by atoms with Gasteiger partial charge in [-0.2, -0.15) is 0 Å². The Morgan fingerprint density at radius 2 is 2.10 bits per heavy atom. The van der Waals surface area contributed by atoms with Gasteiger partial charge in [-0.1, -0.05) is 13.8 Å². The van der Waals surface area contributed by atoms with Crippen molar-refractivity contribution in [3.8, 4) is 0 Å². The third kappa shape index (κ3) is 2.14. The largest absolute Gasteiger partial charge is 0.355 e. The standard InChI is InChI=1S/C16H22N4S/c1-3-12-7-13-14(17-11-18-15(13)21-12)20-6-5-16(10-20)8-19(4-2)9-16/h7,11H,3-6,8-10H2,1-2H3. The summed E-state index contributed by atoms with van der Waals surface area (Å²) in [6.07, 6.45) is 4.12. The van der Waals surface area contributed by atoms with Crippen molar-refractivity contribution in [2.45, 2.75) is 26.7 Å². The van der Waals surface area contributed by atoms with Gasteiger partial charge < -0.3 is 9.80 Å². The molecule has 2 aliphatic heterocycles. The molecule has 112 valence electrons. The average molecular weight is 302 g/mol. The Bertz CT molecular complexity index is 659. The fourth-order valence-corrected chi connectivity index (χ4v) is 4.75. The van der Waals surface area contributed by atoms with E-state index in [4.69, 9.17) is 0 Å². The lowest BCUT2D eigenvalue weighted by atomic mass is 9.79. The molecule has 4 rings (SSSR count). The van der Waals surface area contributed by atoms with Crippen molar-refractivity contribution in [2.24, 2.45) is 5.41 Å². The minimum atomic E-state index is 0.525. The average Bonchev–Trinajstić information content (AvgIpc) is 3.08. The van der Waals surface area contributed by atoms with Crippen LogP contribution in [-0.4, -0.2) is 47.6 Å². The molecule has 21 heavy (non-hydrogen) atoms. The van der Waals surface area contributed by atoms with E-state index >= 15 is 0 Å². The molecule has 2 aromatic rings. The first-order valence-corrected chi connectivity index (χ1v) is 8.75. The summed E-state index contributed by atoms with van der Waals surface area (Å²) in [5.41, 5.74) is 0.525. The molecule has 0 aromatic carbocycles. The molecule has 2 fully saturated rings. The highest BCUT2D eigenvalue weighted by atomic mass is 32.1. The molecule has 0 saturated carbocycles. The van der Waals surface area contributed by atoms with Crippen LogP contribution in [0.15, 0.2) is 12.4 Å². The fourth-order valence-electron chi connectivity index (χ4n) is 3.82. The maximum Gasteiger partial charge on any atom is 0.140 e. The highest BCUT2D eigenvalue weighted by Crippen LogP contribution is 2.42. The monoisotopic (exact) mass is 302 g/mol. The van der Waals surface area contributed by atoms with Gasteiger partial charge in [0.05, 0.1) is 5.39 Å². The van der Waals surface area contributed by atoms with Gasteiger partial charge in [0, 0.05) is 36.5 Å². The van der Waals surface area contributed by atoms with Gasteiger partial charge in [-0.3, -0.25) is 0 Å². The first-order valence-electron chi connectivity index (χ1n) is 7.94. The Hall–Kier alpha value is -1.20. The number of thiophene rings is 1. The Morgan fingerprint density at radius 3 is 2.86 bits per heavy atom. The molecule has 0 bridgehead atoms. The number of fused-ring (bicyclic) bond motifs is 1. The Morgan fingerprint density at radius 1 is 1.24 bits per heavy atom. The molecular weight excluding hydrogens is 280 g/mol. The SMILES string of the molecule is CCc1cc2c(N3CCC4(CN(CC)C4)C3)ncnc2s1. The number of aromatic nitrogens is 2. The number of anilines is 1. The molecule has 0 amide bonds. The van der Waals surface area contributed by atoms with Gasteiger partial charge in [0.1, 0.15) is 17.0 Å². The molecule has 2 saturated heterocycles. The summed E-state index contributed by atoms with van der Waals surface area (Å²) >= 11 is 1.81. The summed E-state index contributed by atoms with van der Waals surface area (Å²) in [4.78, 5) is 16.6. The predicted octanol–water partition coefficient (Wildman–Crippen LogP) is 2.79. The van der Waals surface area contributed by atoms with Gasteiger partial charge in [-0.25, -0.2) is 9.97 Å². The third-order valence-corrected chi connectivity index (χ3v) is 6.20. The zero-order chi connectivity index (χ0) is 14.4.